The normalized spacial score (nSPS) is 14.7. The maximum atomic E-state index is 12.4. The highest BCUT2D eigenvalue weighted by Crippen LogP contribution is 2.29. The van der Waals surface area contributed by atoms with Crippen molar-refractivity contribution in [3.63, 3.8) is 0 Å². The summed E-state index contributed by atoms with van der Waals surface area (Å²) < 4.78 is 19.5. The Morgan fingerprint density at radius 3 is 2.82 bits per heavy atom. The van der Waals surface area contributed by atoms with Crippen molar-refractivity contribution in [2.45, 2.75) is 33.3 Å². The standard InChI is InChI=1S/C23H26N6O4/c1-5-22(25-24-19-11-12-32-21-10-9-16(31-4)13-17(19)21)33-14-18-15(2)7-6-8-20(18)29-23(30)28(3)26-27-29/h6-10,13H,5,11-12,14H2,1-4H3. The summed E-state index contributed by atoms with van der Waals surface area (Å²) in [5.41, 5.74) is 3.77. The van der Waals surface area contributed by atoms with Gasteiger partial charge in [0.25, 0.3) is 0 Å². The van der Waals surface area contributed by atoms with Gasteiger partial charge in [0.15, 0.2) is 0 Å². The largest absolute Gasteiger partial charge is 0.497 e. The molecule has 0 fully saturated rings. The minimum absolute atomic E-state index is 0.218. The summed E-state index contributed by atoms with van der Waals surface area (Å²) in [6, 6.07) is 11.3. The quantitative estimate of drug-likeness (QED) is 0.325. The number of aryl methyl sites for hydroxylation is 2. The third kappa shape index (κ3) is 4.64. The summed E-state index contributed by atoms with van der Waals surface area (Å²) >= 11 is 0. The lowest BCUT2D eigenvalue weighted by molar-refractivity contribution is 0.282. The molecule has 1 aliphatic heterocycles. The van der Waals surface area contributed by atoms with E-state index < -0.39 is 0 Å². The molecule has 10 nitrogen and oxygen atoms in total. The second kappa shape index (κ2) is 9.68. The summed E-state index contributed by atoms with van der Waals surface area (Å²) in [5, 5.41) is 16.6. The monoisotopic (exact) mass is 450 g/mol. The van der Waals surface area contributed by atoms with E-state index in [-0.39, 0.29) is 12.3 Å². The van der Waals surface area contributed by atoms with Gasteiger partial charge in [-0.3, -0.25) is 0 Å². The van der Waals surface area contributed by atoms with Gasteiger partial charge in [-0.2, -0.15) is 14.5 Å². The Kier molecular flexibility index (Phi) is 6.53. The van der Waals surface area contributed by atoms with Crippen LogP contribution in [0.1, 0.15) is 36.5 Å². The van der Waals surface area contributed by atoms with Gasteiger partial charge >= 0.3 is 5.69 Å². The Labute approximate surface area is 191 Å². The molecule has 0 saturated carbocycles. The molecule has 33 heavy (non-hydrogen) atoms. The van der Waals surface area contributed by atoms with Crippen LogP contribution in [0.3, 0.4) is 0 Å². The molecular formula is C23H26N6O4. The van der Waals surface area contributed by atoms with Gasteiger partial charge in [-0.25, -0.2) is 4.79 Å². The van der Waals surface area contributed by atoms with E-state index in [0.717, 1.165) is 33.9 Å². The second-order valence-electron chi connectivity index (χ2n) is 7.51. The molecule has 1 aliphatic rings. The summed E-state index contributed by atoms with van der Waals surface area (Å²) in [5.74, 6) is 1.97. The van der Waals surface area contributed by atoms with Crippen molar-refractivity contribution < 1.29 is 14.2 Å². The van der Waals surface area contributed by atoms with Crippen LogP contribution in [0.5, 0.6) is 11.5 Å². The fourth-order valence-corrected chi connectivity index (χ4v) is 3.49. The summed E-state index contributed by atoms with van der Waals surface area (Å²) in [7, 11) is 3.18. The van der Waals surface area contributed by atoms with Gasteiger partial charge in [-0.1, -0.05) is 19.1 Å². The van der Waals surface area contributed by atoms with Gasteiger partial charge in [0.2, 0.25) is 5.90 Å². The molecule has 172 valence electrons. The van der Waals surface area contributed by atoms with Crippen LogP contribution in [0.15, 0.2) is 51.4 Å². The maximum Gasteiger partial charge on any atom is 0.368 e. The highest BCUT2D eigenvalue weighted by atomic mass is 16.5. The predicted octanol–water partition coefficient (Wildman–Crippen LogP) is 2.79. The molecule has 3 aromatic rings. The van der Waals surface area contributed by atoms with Crippen LogP contribution in [0.4, 0.5) is 0 Å². The molecule has 0 aliphatic carbocycles. The number of nitrogens with zero attached hydrogens (tertiary/aromatic N) is 6. The van der Waals surface area contributed by atoms with Crippen LogP contribution in [-0.4, -0.2) is 45.1 Å². The van der Waals surface area contributed by atoms with Gasteiger partial charge in [0.05, 0.1) is 25.1 Å². The predicted molar refractivity (Wildman–Crippen MR) is 123 cm³/mol. The van der Waals surface area contributed by atoms with Crippen molar-refractivity contribution in [3.8, 4) is 17.2 Å². The zero-order valence-corrected chi connectivity index (χ0v) is 19.1. The Bertz CT molecular complexity index is 1270. The van der Waals surface area contributed by atoms with E-state index in [4.69, 9.17) is 14.2 Å². The fraction of sp³-hybridized carbons (Fsp3) is 0.348. The fourth-order valence-electron chi connectivity index (χ4n) is 3.49. The van der Waals surface area contributed by atoms with Crippen molar-refractivity contribution in [1.82, 2.24) is 19.8 Å². The molecule has 0 atom stereocenters. The van der Waals surface area contributed by atoms with Crippen LogP contribution in [-0.2, 0) is 18.4 Å². The molecule has 0 bridgehead atoms. The first kappa shape index (κ1) is 22.3. The Balaban J connectivity index is 1.59. The molecule has 10 heteroatoms. The number of aromatic nitrogens is 4. The smallest absolute Gasteiger partial charge is 0.368 e. The number of methoxy groups -OCH3 is 1. The van der Waals surface area contributed by atoms with Gasteiger partial charge in [0.1, 0.15) is 18.1 Å². The lowest BCUT2D eigenvalue weighted by Gasteiger charge is -2.19. The minimum Gasteiger partial charge on any atom is -0.497 e. The van der Waals surface area contributed by atoms with Crippen molar-refractivity contribution in [3.05, 3.63) is 63.6 Å². The number of rotatable bonds is 6. The molecule has 1 aromatic heterocycles. The number of ether oxygens (including phenoxy) is 3. The molecule has 2 heterocycles. The van der Waals surface area contributed by atoms with Crippen molar-refractivity contribution in [2.24, 2.45) is 17.3 Å². The minimum atomic E-state index is -0.328. The third-order valence-electron chi connectivity index (χ3n) is 5.40. The molecule has 0 saturated heterocycles. The Morgan fingerprint density at radius 2 is 2.09 bits per heavy atom. The first-order valence-corrected chi connectivity index (χ1v) is 10.7. The van der Waals surface area contributed by atoms with Crippen LogP contribution < -0.4 is 15.2 Å². The highest BCUT2D eigenvalue weighted by molar-refractivity contribution is 6.04. The lowest BCUT2D eigenvalue weighted by atomic mass is 10.0. The van der Waals surface area contributed by atoms with E-state index in [2.05, 4.69) is 20.6 Å². The van der Waals surface area contributed by atoms with Crippen molar-refractivity contribution in [1.29, 1.82) is 0 Å². The van der Waals surface area contributed by atoms with E-state index in [9.17, 15) is 4.79 Å². The average molecular weight is 450 g/mol. The summed E-state index contributed by atoms with van der Waals surface area (Å²) in [6.45, 7) is 4.66. The number of hydrogen-bond acceptors (Lipinski definition) is 8. The van der Waals surface area contributed by atoms with Gasteiger partial charge < -0.3 is 14.2 Å². The summed E-state index contributed by atoms with van der Waals surface area (Å²) in [4.78, 5) is 12.4. The lowest BCUT2D eigenvalue weighted by Crippen LogP contribution is -2.23. The van der Waals surface area contributed by atoms with E-state index in [1.165, 1.54) is 9.36 Å². The number of fused-ring (bicyclic) bond motifs is 1. The molecule has 0 unspecified atom stereocenters. The zero-order valence-electron chi connectivity index (χ0n) is 19.1. The van der Waals surface area contributed by atoms with E-state index in [1.54, 1.807) is 14.2 Å². The topological polar surface area (TPSA) is 105 Å². The molecular weight excluding hydrogens is 424 g/mol. The first-order chi connectivity index (χ1) is 16.0. The molecule has 4 rings (SSSR count). The third-order valence-corrected chi connectivity index (χ3v) is 5.40. The Hall–Kier alpha value is -3.95. The molecule has 2 aromatic carbocycles. The van der Waals surface area contributed by atoms with Gasteiger partial charge in [-0.05, 0) is 47.2 Å². The average Bonchev–Trinajstić information content (AvgIpc) is 3.17. The van der Waals surface area contributed by atoms with Crippen LogP contribution >= 0.6 is 0 Å². The highest BCUT2D eigenvalue weighted by Gasteiger charge is 2.18. The van der Waals surface area contributed by atoms with Crippen LogP contribution in [0.25, 0.3) is 5.69 Å². The van der Waals surface area contributed by atoms with Crippen molar-refractivity contribution in [2.75, 3.05) is 13.7 Å². The van der Waals surface area contributed by atoms with E-state index >= 15 is 0 Å². The van der Waals surface area contributed by atoms with Gasteiger partial charge in [-0.15, -0.1) is 5.10 Å². The number of hydrogen-bond donors (Lipinski definition) is 0. The van der Waals surface area contributed by atoms with Crippen LogP contribution in [0.2, 0.25) is 0 Å². The van der Waals surface area contributed by atoms with E-state index in [0.29, 0.717) is 31.0 Å². The van der Waals surface area contributed by atoms with Crippen LogP contribution in [0, 0.1) is 6.92 Å². The molecule has 0 spiro atoms. The molecule has 0 amide bonds. The molecule has 0 N–H and O–H groups in total. The number of tetrazole rings is 1. The maximum absolute atomic E-state index is 12.4. The SMILES string of the molecule is CCC(=NN=C1CCOc2ccc(OC)cc21)OCc1c(C)cccc1-n1nnn(C)c1=O. The summed E-state index contributed by atoms with van der Waals surface area (Å²) in [6.07, 6.45) is 1.20. The van der Waals surface area contributed by atoms with E-state index in [1.807, 2.05) is 50.2 Å². The number of benzene rings is 2. The zero-order chi connectivity index (χ0) is 23.4. The van der Waals surface area contributed by atoms with Crippen molar-refractivity contribution >= 4 is 11.6 Å². The van der Waals surface area contributed by atoms with Gasteiger partial charge in [0, 0.05) is 31.0 Å². The molecule has 0 radical (unpaired) electrons. The first-order valence-electron chi connectivity index (χ1n) is 10.7. The second-order valence-corrected chi connectivity index (χ2v) is 7.51. The Morgan fingerprint density at radius 1 is 1.24 bits per heavy atom.